The number of ether oxygens (including phenoxy) is 2. The van der Waals surface area contributed by atoms with E-state index in [9.17, 15) is 17.6 Å². The van der Waals surface area contributed by atoms with Crippen LogP contribution in [-0.4, -0.2) is 101 Å². The van der Waals surface area contributed by atoms with Crippen molar-refractivity contribution in [1.82, 2.24) is 18.8 Å². The second-order valence-electron chi connectivity index (χ2n) is 10.3. The Kier molecular flexibility index (Phi) is 9.21. The lowest BCUT2D eigenvalue weighted by Crippen LogP contribution is -2.58. The van der Waals surface area contributed by atoms with Crippen molar-refractivity contribution < 1.29 is 27.1 Å². The number of hydrogen-bond donors (Lipinski definition) is 1. The topological polar surface area (TPSA) is 91.4 Å². The lowest BCUT2D eigenvalue weighted by molar-refractivity contribution is -0.0165. The van der Waals surface area contributed by atoms with E-state index in [0.29, 0.717) is 58.3 Å². The summed E-state index contributed by atoms with van der Waals surface area (Å²) in [5.74, 6) is -0.0264. The van der Waals surface area contributed by atoms with E-state index in [4.69, 9.17) is 9.47 Å². The molecule has 2 aliphatic heterocycles. The molecule has 4 rings (SSSR count). The van der Waals surface area contributed by atoms with Gasteiger partial charge in [0.1, 0.15) is 5.82 Å². The van der Waals surface area contributed by atoms with Crippen LogP contribution in [0.2, 0.25) is 0 Å². The van der Waals surface area contributed by atoms with Crippen molar-refractivity contribution in [1.29, 1.82) is 0 Å². The van der Waals surface area contributed by atoms with Gasteiger partial charge in [-0.25, -0.2) is 9.18 Å². The molecular weight excluding hydrogens is 487 g/mol. The third-order valence-electron chi connectivity index (χ3n) is 7.61. The maximum atomic E-state index is 13.6. The lowest BCUT2D eigenvalue weighted by Gasteiger charge is -2.42. The Balaban J connectivity index is 1.35. The smallest absolute Gasteiger partial charge is 0.320 e. The Morgan fingerprint density at radius 2 is 1.83 bits per heavy atom. The summed E-state index contributed by atoms with van der Waals surface area (Å²) >= 11 is 0. The third-order valence-corrected chi connectivity index (χ3v) is 9.17. The maximum Gasteiger partial charge on any atom is 0.320 e. The van der Waals surface area contributed by atoms with Crippen LogP contribution in [0.5, 0.6) is 0 Å². The monoisotopic (exact) mass is 526 g/mol. The summed E-state index contributed by atoms with van der Waals surface area (Å²) in [5, 5.41) is 0. The first-order chi connectivity index (χ1) is 17.2. The molecule has 0 bridgehead atoms. The first-order valence-corrected chi connectivity index (χ1v) is 14.4. The Morgan fingerprint density at radius 1 is 1.11 bits per heavy atom. The van der Waals surface area contributed by atoms with E-state index in [0.717, 1.165) is 31.2 Å². The average Bonchev–Trinajstić information content (AvgIpc) is 2.88. The minimum atomic E-state index is -3.61. The highest BCUT2D eigenvalue weighted by atomic mass is 32.2. The molecule has 3 aliphatic rings. The number of benzene rings is 1. The molecule has 0 radical (unpaired) electrons. The normalized spacial score (nSPS) is 27.9. The van der Waals surface area contributed by atoms with Gasteiger partial charge < -0.3 is 19.3 Å². The van der Waals surface area contributed by atoms with Crippen molar-refractivity contribution in [3.05, 3.63) is 35.6 Å². The second kappa shape index (κ2) is 12.2. The molecule has 202 valence electrons. The van der Waals surface area contributed by atoms with Crippen LogP contribution in [0.1, 0.15) is 43.6 Å². The molecule has 0 aromatic heterocycles. The van der Waals surface area contributed by atoms with E-state index in [1.807, 2.05) is 11.0 Å². The number of carbonyl (C=O) groups excluding carboxylic acids is 1. The molecule has 1 aromatic rings. The van der Waals surface area contributed by atoms with E-state index in [-0.39, 0.29) is 29.9 Å². The van der Waals surface area contributed by atoms with Crippen molar-refractivity contribution in [3.8, 4) is 0 Å². The Bertz CT molecular complexity index is 980. The zero-order valence-electron chi connectivity index (χ0n) is 21.3. The first kappa shape index (κ1) is 27.3. The van der Waals surface area contributed by atoms with E-state index >= 15 is 0 Å². The lowest BCUT2D eigenvalue weighted by atomic mass is 9.82. The number of nitrogens with one attached hydrogen (secondary N) is 1. The average molecular weight is 527 g/mol. The van der Waals surface area contributed by atoms with Crippen LogP contribution in [0.25, 0.3) is 0 Å². The number of rotatable bonds is 7. The Hall–Kier alpha value is -1.79. The molecule has 2 saturated heterocycles. The van der Waals surface area contributed by atoms with E-state index in [1.54, 1.807) is 17.0 Å². The van der Waals surface area contributed by atoms with Gasteiger partial charge in [-0.2, -0.15) is 17.4 Å². The Morgan fingerprint density at radius 3 is 2.50 bits per heavy atom. The highest BCUT2D eigenvalue weighted by Crippen LogP contribution is 2.34. The summed E-state index contributed by atoms with van der Waals surface area (Å²) in [6.07, 6.45) is 4.21. The maximum absolute atomic E-state index is 13.6. The van der Waals surface area contributed by atoms with Crippen LogP contribution in [0.4, 0.5) is 9.18 Å². The number of urea groups is 1. The van der Waals surface area contributed by atoms with Crippen molar-refractivity contribution in [2.45, 2.75) is 50.2 Å². The molecule has 9 nitrogen and oxygen atoms in total. The van der Waals surface area contributed by atoms with Crippen LogP contribution < -0.4 is 4.72 Å². The van der Waals surface area contributed by atoms with Gasteiger partial charge in [0.2, 0.25) is 0 Å². The van der Waals surface area contributed by atoms with Gasteiger partial charge in [0.05, 0.1) is 25.9 Å². The summed E-state index contributed by atoms with van der Waals surface area (Å²) < 4.78 is 54.4. The van der Waals surface area contributed by atoms with Crippen molar-refractivity contribution in [3.63, 3.8) is 0 Å². The van der Waals surface area contributed by atoms with Gasteiger partial charge in [0.25, 0.3) is 10.2 Å². The van der Waals surface area contributed by atoms with Crippen LogP contribution in [0.3, 0.4) is 0 Å². The summed E-state index contributed by atoms with van der Waals surface area (Å²) in [7, 11) is -0.603. The molecule has 11 heteroatoms. The van der Waals surface area contributed by atoms with Gasteiger partial charge in [-0.3, -0.25) is 0 Å². The van der Waals surface area contributed by atoms with Gasteiger partial charge in [-0.15, -0.1) is 0 Å². The number of morpholine rings is 1. The van der Waals surface area contributed by atoms with Gasteiger partial charge in [-0.1, -0.05) is 12.1 Å². The quantitative estimate of drug-likeness (QED) is 0.589. The fourth-order valence-electron chi connectivity index (χ4n) is 5.36. The van der Waals surface area contributed by atoms with Crippen molar-refractivity contribution in [2.75, 3.05) is 60.1 Å². The number of likely N-dealkylation sites (tertiary alicyclic amines) is 1. The molecule has 1 N–H and O–H groups in total. The van der Waals surface area contributed by atoms with Crippen LogP contribution in [0.15, 0.2) is 24.3 Å². The number of piperidine rings is 1. The minimum absolute atomic E-state index is 0.0205. The summed E-state index contributed by atoms with van der Waals surface area (Å²) in [4.78, 5) is 16.7. The van der Waals surface area contributed by atoms with Crippen LogP contribution in [-0.2, 0) is 19.7 Å². The number of halogens is 1. The van der Waals surface area contributed by atoms with Gasteiger partial charge in [0.15, 0.2) is 0 Å². The minimum Gasteiger partial charge on any atom is -0.378 e. The molecule has 2 amide bonds. The van der Waals surface area contributed by atoms with E-state index in [1.165, 1.54) is 24.5 Å². The Labute approximate surface area is 214 Å². The molecule has 0 spiro atoms. The van der Waals surface area contributed by atoms with E-state index < -0.39 is 10.2 Å². The SMILES string of the molecule is CN(C)S(=O)(=O)N[C@H]1CCN(C(=O)N2CCOCC2)C[C@H]1COC1CCC(c2cccc(F)c2)CC1. The van der Waals surface area contributed by atoms with Crippen LogP contribution >= 0.6 is 0 Å². The van der Waals surface area contributed by atoms with Crippen LogP contribution in [0, 0.1) is 11.7 Å². The summed E-state index contributed by atoms with van der Waals surface area (Å²) in [6.45, 7) is 3.53. The van der Waals surface area contributed by atoms with Crippen molar-refractivity contribution >= 4 is 16.2 Å². The number of amides is 2. The molecule has 1 aliphatic carbocycles. The molecule has 36 heavy (non-hydrogen) atoms. The molecule has 3 fully saturated rings. The zero-order valence-corrected chi connectivity index (χ0v) is 22.1. The van der Waals surface area contributed by atoms with Gasteiger partial charge in [0, 0.05) is 52.2 Å². The highest BCUT2D eigenvalue weighted by Gasteiger charge is 2.37. The summed E-state index contributed by atoms with van der Waals surface area (Å²) in [5.41, 5.74) is 1.04. The molecule has 2 heterocycles. The van der Waals surface area contributed by atoms with Gasteiger partial charge in [-0.05, 0) is 55.7 Å². The highest BCUT2D eigenvalue weighted by molar-refractivity contribution is 7.87. The predicted molar refractivity (Wildman–Crippen MR) is 134 cm³/mol. The molecule has 0 unspecified atom stereocenters. The molecular formula is C25H39FN4O5S. The molecule has 2 atom stereocenters. The number of hydrogen-bond acceptors (Lipinski definition) is 5. The number of carbonyl (C=O) groups is 1. The fourth-order valence-corrected chi connectivity index (χ4v) is 6.27. The van der Waals surface area contributed by atoms with Crippen molar-refractivity contribution in [2.24, 2.45) is 5.92 Å². The molecule has 1 saturated carbocycles. The van der Waals surface area contributed by atoms with Gasteiger partial charge >= 0.3 is 6.03 Å². The fraction of sp³-hybridized carbons (Fsp3) is 0.720. The second-order valence-corrected chi connectivity index (χ2v) is 12.2. The number of nitrogens with zero attached hydrogens (tertiary/aromatic N) is 3. The summed E-state index contributed by atoms with van der Waals surface area (Å²) in [6, 6.07) is 6.50. The van der Waals surface area contributed by atoms with E-state index in [2.05, 4.69) is 4.72 Å². The third kappa shape index (κ3) is 6.95. The largest absolute Gasteiger partial charge is 0.378 e. The predicted octanol–water partition coefficient (Wildman–Crippen LogP) is 2.41. The standard InChI is InChI=1S/C25H39FN4O5S/c1-28(2)36(32,33)27-24-10-11-30(25(31)29-12-14-34-15-13-29)17-21(24)18-35-23-8-6-19(7-9-23)20-4-3-5-22(26)16-20/h3-5,16,19,21,23-24,27H,6-15,17-18H2,1-2H3/t19?,21-,23?,24-/m0/s1. The zero-order chi connectivity index (χ0) is 25.7. The first-order valence-electron chi connectivity index (χ1n) is 12.9. The molecule has 1 aromatic carbocycles.